The van der Waals surface area contributed by atoms with E-state index in [1.54, 1.807) is 0 Å². The fourth-order valence-electron chi connectivity index (χ4n) is 2.60. The average molecular weight is 272 g/mol. The Morgan fingerprint density at radius 2 is 2.05 bits per heavy atom. The summed E-state index contributed by atoms with van der Waals surface area (Å²) in [7, 11) is 0. The van der Waals surface area contributed by atoms with E-state index in [9.17, 15) is 0 Å². The number of hydrogen-bond acceptors (Lipinski definition) is 5. The van der Waals surface area contributed by atoms with Crippen molar-refractivity contribution in [2.24, 2.45) is 5.92 Å². The Morgan fingerprint density at radius 1 is 1.25 bits per heavy atom. The molecular formula is C15H20N4O. The van der Waals surface area contributed by atoms with Crippen molar-refractivity contribution in [3.8, 4) is 5.88 Å². The highest BCUT2D eigenvalue weighted by Crippen LogP contribution is 2.21. The molecule has 1 fully saturated rings. The minimum Gasteiger partial charge on any atom is -0.475 e. The van der Waals surface area contributed by atoms with E-state index in [-0.39, 0.29) is 0 Å². The maximum atomic E-state index is 5.89. The molecule has 1 aliphatic heterocycles. The van der Waals surface area contributed by atoms with Crippen LogP contribution in [0.25, 0.3) is 11.0 Å². The van der Waals surface area contributed by atoms with Crippen molar-refractivity contribution >= 4 is 16.9 Å². The Hall–Kier alpha value is -1.88. The van der Waals surface area contributed by atoms with Crippen LogP contribution in [0.4, 0.5) is 5.82 Å². The lowest BCUT2D eigenvalue weighted by Gasteiger charge is -2.22. The first-order valence-corrected chi connectivity index (χ1v) is 7.19. The molecule has 1 aromatic carbocycles. The van der Waals surface area contributed by atoms with Gasteiger partial charge in [-0.15, -0.1) is 0 Å². The lowest BCUT2D eigenvalue weighted by molar-refractivity contribution is 0.248. The summed E-state index contributed by atoms with van der Waals surface area (Å²) in [6.07, 6.45) is 3.55. The number of nitrogen functional groups attached to an aromatic ring is 1. The molecule has 0 saturated carbocycles. The van der Waals surface area contributed by atoms with Gasteiger partial charge in [-0.3, -0.25) is 0 Å². The van der Waals surface area contributed by atoms with Crippen LogP contribution in [-0.4, -0.2) is 29.7 Å². The molecule has 0 radical (unpaired) electrons. The van der Waals surface area contributed by atoms with E-state index in [0.29, 0.717) is 24.2 Å². The van der Waals surface area contributed by atoms with E-state index >= 15 is 0 Å². The van der Waals surface area contributed by atoms with Crippen LogP contribution in [0.1, 0.15) is 19.3 Å². The Bertz CT molecular complexity index is 581. The summed E-state index contributed by atoms with van der Waals surface area (Å²) in [6, 6.07) is 7.67. The fraction of sp³-hybridized carbons (Fsp3) is 0.467. The first-order chi connectivity index (χ1) is 9.83. The van der Waals surface area contributed by atoms with Crippen LogP contribution in [0.3, 0.4) is 0 Å². The summed E-state index contributed by atoms with van der Waals surface area (Å²) >= 11 is 0. The van der Waals surface area contributed by atoms with Gasteiger partial charge in [0.2, 0.25) is 0 Å². The van der Waals surface area contributed by atoms with Crippen molar-refractivity contribution in [3.05, 3.63) is 24.3 Å². The smallest absolute Gasteiger partial charge is 0.257 e. The van der Waals surface area contributed by atoms with Crippen LogP contribution in [-0.2, 0) is 0 Å². The number of nitrogens with two attached hydrogens (primary N) is 1. The van der Waals surface area contributed by atoms with E-state index < -0.39 is 0 Å². The molecule has 0 unspecified atom stereocenters. The van der Waals surface area contributed by atoms with E-state index in [1.807, 2.05) is 24.3 Å². The first-order valence-electron chi connectivity index (χ1n) is 7.19. The normalized spacial score (nSPS) is 19.1. The molecule has 5 nitrogen and oxygen atoms in total. The van der Waals surface area contributed by atoms with Gasteiger partial charge in [-0.2, -0.15) is 0 Å². The number of benzene rings is 1. The van der Waals surface area contributed by atoms with Crippen molar-refractivity contribution in [2.75, 3.05) is 25.4 Å². The lowest BCUT2D eigenvalue weighted by atomic mass is 9.97. The molecular weight excluding hydrogens is 252 g/mol. The van der Waals surface area contributed by atoms with Gasteiger partial charge in [0.05, 0.1) is 17.6 Å². The molecule has 0 spiro atoms. The van der Waals surface area contributed by atoms with Gasteiger partial charge in [0.25, 0.3) is 5.88 Å². The molecule has 3 rings (SSSR count). The Labute approximate surface area is 118 Å². The van der Waals surface area contributed by atoms with Crippen LogP contribution in [0.15, 0.2) is 24.3 Å². The molecule has 0 aliphatic carbocycles. The van der Waals surface area contributed by atoms with E-state index in [1.165, 1.54) is 12.8 Å². The van der Waals surface area contributed by atoms with Gasteiger partial charge >= 0.3 is 0 Å². The molecule has 1 atom stereocenters. The minimum atomic E-state index is 0.366. The summed E-state index contributed by atoms with van der Waals surface area (Å²) in [6.45, 7) is 2.87. The number of piperidine rings is 1. The van der Waals surface area contributed by atoms with Gasteiger partial charge in [-0.1, -0.05) is 12.1 Å². The van der Waals surface area contributed by atoms with Crippen molar-refractivity contribution < 1.29 is 4.74 Å². The predicted molar refractivity (Wildman–Crippen MR) is 79.7 cm³/mol. The molecule has 1 aliphatic rings. The number of anilines is 1. The van der Waals surface area contributed by atoms with E-state index in [0.717, 1.165) is 30.5 Å². The van der Waals surface area contributed by atoms with Gasteiger partial charge in [-0.05, 0) is 50.4 Å². The molecule has 2 aromatic rings. The maximum Gasteiger partial charge on any atom is 0.257 e. The highest BCUT2D eigenvalue weighted by Gasteiger charge is 2.13. The van der Waals surface area contributed by atoms with Crippen LogP contribution >= 0.6 is 0 Å². The number of fused-ring (bicyclic) bond motifs is 1. The standard InChI is InChI=1S/C15H20N4O/c16-14-15(19-13-6-2-1-5-12(13)18-14)20-9-7-11-4-3-8-17-10-11/h1-2,5-6,11,17H,3-4,7-10H2,(H2,16,18)/t11-/m1/s1. The molecule has 3 N–H and O–H groups in total. The summed E-state index contributed by atoms with van der Waals surface area (Å²) in [5, 5.41) is 3.41. The van der Waals surface area contributed by atoms with Gasteiger partial charge in [0.15, 0.2) is 5.82 Å². The van der Waals surface area contributed by atoms with Crippen LogP contribution in [0.2, 0.25) is 0 Å². The quantitative estimate of drug-likeness (QED) is 0.890. The number of rotatable bonds is 4. The SMILES string of the molecule is Nc1nc2ccccc2nc1OCC[C@H]1CCCNC1. The molecule has 0 bridgehead atoms. The molecule has 20 heavy (non-hydrogen) atoms. The van der Waals surface area contributed by atoms with Crippen molar-refractivity contribution in [2.45, 2.75) is 19.3 Å². The zero-order valence-electron chi connectivity index (χ0n) is 11.5. The summed E-state index contributed by atoms with van der Waals surface area (Å²) < 4.78 is 5.72. The molecule has 0 amide bonds. The van der Waals surface area contributed by atoms with Gasteiger partial charge < -0.3 is 15.8 Å². The highest BCUT2D eigenvalue weighted by atomic mass is 16.5. The monoisotopic (exact) mass is 272 g/mol. The molecule has 5 heteroatoms. The predicted octanol–water partition coefficient (Wildman–Crippen LogP) is 1.98. The number of nitrogens with one attached hydrogen (secondary N) is 1. The Balaban J connectivity index is 1.63. The number of para-hydroxylation sites is 2. The zero-order chi connectivity index (χ0) is 13.8. The summed E-state index contributed by atoms with van der Waals surface area (Å²) in [5.74, 6) is 1.51. The van der Waals surface area contributed by atoms with Crippen LogP contribution in [0.5, 0.6) is 5.88 Å². The maximum absolute atomic E-state index is 5.89. The minimum absolute atomic E-state index is 0.366. The van der Waals surface area contributed by atoms with Crippen molar-refractivity contribution in [1.82, 2.24) is 15.3 Å². The van der Waals surface area contributed by atoms with Gasteiger partial charge in [0.1, 0.15) is 0 Å². The molecule has 1 saturated heterocycles. The van der Waals surface area contributed by atoms with Crippen LogP contribution in [0, 0.1) is 5.92 Å². The first kappa shape index (κ1) is 13.1. The lowest BCUT2D eigenvalue weighted by Crippen LogP contribution is -2.30. The number of nitrogens with zero attached hydrogens (tertiary/aromatic N) is 2. The summed E-state index contributed by atoms with van der Waals surface area (Å²) in [5.41, 5.74) is 7.51. The third-order valence-electron chi connectivity index (χ3n) is 3.73. The zero-order valence-corrected chi connectivity index (χ0v) is 11.5. The molecule has 106 valence electrons. The molecule has 2 heterocycles. The topological polar surface area (TPSA) is 73.1 Å². The number of hydrogen-bond donors (Lipinski definition) is 2. The second-order valence-electron chi connectivity index (χ2n) is 5.25. The van der Waals surface area contributed by atoms with Crippen molar-refractivity contribution in [1.29, 1.82) is 0 Å². The number of aromatic nitrogens is 2. The number of ether oxygens (including phenoxy) is 1. The van der Waals surface area contributed by atoms with Crippen molar-refractivity contribution in [3.63, 3.8) is 0 Å². The summed E-state index contributed by atoms with van der Waals surface area (Å²) in [4.78, 5) is 8.75. The van der Waals surface area contributed by atoms with Gasteiger partial charge in [-0.25, -0.2) is 9.97 Å². The second kappa shape index (κ2) is 6.05. The average Bonchev–Trinajstić information content (AvgIpc) is 2.49. The fourth-order valence-corrected chi connectivity index (χ4v) is 2.60. The van der Waals surface area contributed by atoms with E-state index in [4.69, 9.17) is 10.5 Å². The largest absolute Gasteiger partial charge is 0.475 e. The third-order valence-corrected chi connectivity index (χ3v) is 3.73. The molecule has 1 aromatic heterocycles. The second-order valence-corrected chi connectivity index (χ2v) is 5.25. The van der Waals surface area contributed by atoms with Crippen LogP contribution < -0.4 is 15.8 Å². The third kappa shape index (κ3) is 2.99. The Kier molecular flexibility index (Phi) is 3.97. The Morgan fingerprint density at radius 3 is 2.80 bits per heavy atom. The van der Waals surface area contributed by atoms with Gasteiger partial charge in [0, 0.05) is 0 Å². The highest BCUT2D eigenvalue weighted by molar-refractivity contribution is 5.76. The van der Waals surface area contributed by atoms with E-state index in [2.05, 4.69) is 15.3 Å².